The maximum absolute atomic E-state index is 13.6. The lowest BCUT2D eigenvalue weighted by Crippen LogP contribution is -2.17. The van der Waals surface area contributed by atoms with Gasteiger partial charge in [0.05, 0.1) is 16.8 Å². The zero-order valence-electron chi connectivity index (χ0n) is 17.7. The van der Waals surface area contributed by atoms with E-state index in [4.69, 9.17) is 0 Å². The van der Waals surface area contributed by atoms with Crippen molar-refractivity contribution >= 4 is 11.6 Å². The van der Waals surface area contributed by atoms with Gasteiger partial charge in [-0.05, 0) is 48.9 Å². The summed E-state index contributed by atoms with van der Waals surface area (Å²) in [5, 5.41) is 0. The van der Waals surface area contributed by atoms with Crippen molar-refractivity contribution in [3.63, 3.8) is 0 Å². The molecule has 0 saturated heterocycles. The van der Waals surface area contributed by atoms with Crippen LogP contribution in [0.3, 0.4) is 0 Å². The zero-order chi connectivity index (χ0) is 25.1. The molecule has 0 unspecified atom stereocenters. The van der Waals surface area contributed by atoms with Gasteiger partial charge in [-0.3, -0.25) is 19.6 Å². The number of carbonyl (C=O) groups is 2. The Bertz CT molecular complexity index is 1170. The van der Waals surface area contributed by atoms with Gasteiger partial charge in [-0.2, -0.15) is 26.3 Å². The summed E-state index contributed by atoms with van der Waals surface area (Å²) in [6.45, 7) is 1.38. The van der Waals surface area contributed by atoms with Crippen LogP contribution in [0.1, 0.15) is 57.7 Å². The molecule has 2 aromatic heterocycles. The molecule has 0 radical (unpaired) electrons. The molecule has 0 fully saturated rings. The molecule has 2 heterocycles. The van der Waals surface area contributed by atoms with Gasteiger partial charge in [0.15, 0.2) is 5.78 Å². The van der Waals surface area contributed by atoms with Crippen LogP contribution in [0.4, 0.5) is 26.3 Å². The third-order valence-electron chi connectivity index (χ3n) is 5.08. The molecule has 0 aliphatic rings. The first-order chi connectivity index (χ1) is 15.9. The Kier molecular flexibility index (Phi) is 7.18. The van der Waals surface area contributed by atoms with E-state index in [1.165, 1.54) is 25.3 Å². The molecule has 0 saturated carbocycles. The number of halogens is 6. The van der Waals surface area contributed by atoms with Crippen molar-refractivity contribution in [3.05, 3.63) is 94.6 Å². The average molecular weight is 480 g/mol. The number of hydrogen-bond acceptors (Lipinski definition) is 4. The minimum Gasteiger partial charge on any atom is -0.300 e. The van der Waals surface area contributed by atoms with Gasteiger partial charge in [0, 0.05) is 42.4 Å². The number of rotatable bonds is 7. The third-order valence-corrected chi connectivity index (χ3v) is 5.08. The lowest BCUT2D eigenvalue weighted by atomic mass is 9.86. The van der Waals surface area contributed by atoms with Crippen LogP contribution in [0.15, 0.2) is 60.9 Å². The Balaban J connectivity index is 2.01. The fourth-order valence-corrected chi connectivity index (χ4v) is 3.46. The third kappa shape index (κ3) is 6.06. The van der Waals surface area contributed by atoms with Crippen molar-refractivity contribution in [2.45, 2.75) is 38.0 Å². The van der Waals surface area contributed by atoms with Crippen LogP contribution in [0.5, 0.6) is 0 Å². The number of nitrogens with zero attached hydrogens (tertiary/aromatic N) is 2. The van der Waals surface area contributed by atoms with Crippen molar-refractivity contribution in [2.24, 2.45) is 0 Å². The van der Waals surface area contributed by atoms with E-state index in [2.05, 4.69) is 9.97 Å². The highest BCUT2D eigenvalue weighted by Crippen LogP contribution is 2.39. The Labute approximate surface area is 190 Å². The number of pyridine rings is 2. The minimum atomic E-state index is -4.79. The summed E-state index contributed by atoms with van der Waals surface area (Å²) in [5.74, 6) is -1.97. The summed E-state index contributed by atoms with van der Waals surface area (Å²) in [7, 11) is 0. The molecule has 0 N–H and O–H groups in total. The Morgan fingerprint density at radius 2 is 1.56 bits per heavy atom. The van der Waals surface area contributed by atoms with Crippen LogP contribution < -0.4 is 0 Å². The van der Waals surface area contributed by atoms with Gasteiger partial charge in [-0.25, -0.2) is 0 Å². The van der Waals surface area contributed by atoms with E-state index in [9.17, 15) is 35.9 Å². The first-order valence-corrected chi connectivity index (χ1v) is 10.0. The van der Waals surface area contributed by atoms with E-state index >= 15 is 0 Å². The molecule has 34 heavy (non-hydrogen) atoms. The SMILES string of the molecule is CC(=O)Cc1ccc(C(=O)C[C@@H](c2ccc(C(F)(F)F)cc2)c2ncccc2C(F)(F)F)cn1. The molecular formula is C24H18F6N2O2. The molecule has 10 heteroatoms. The fraction of sp³-hybridized carbons (Fsp3) is 0.250. The summed E-state index contributed by atoms with van der Waals surface area (Å²) in [6.07, 6.45) is -7.49. The monoisotopic (exact) mass is 480 g/mol. The van der Waals surface area contributed by atoms with Crippen LogP contribution >= 0.6 is 0 Å². The molecule has 4 nitrogen and oxygen atoms in total. The summed E-state index contributed by atoms with van der Waals surface area (Å²) in [6, 6.07) is 8.36. The lowest BCUT2D eigenvalue weighted by molar-refractivity contribution is -0.139. The van der Waals surface area contributed by atoms with Crippen LogP contribution in [0, 0.1) is 0 Å². The molecule has 178 valence electrons. The highest BCUT2D eigenvalue weighted by Gasteiger charge is 2.37. The average Bonchev–Trinajstić information content (AvgIpc) is 2.76. The molecule has 3 rings (SSSR count). The molecule has 0 spiro atoms. The number of carbonyl (C=O) groups excluding carboxylic acids is 2. The molecule has 0 aliphatic heterocycles. The minimum absolute atomic E-state index is 0.0610. The molecule has 0 bridgehead atoms. The number of ketones is 2. The van der Waals surface area contributed by atoms with Crippen LogP contribution in [0.25, 0.3) is 0 Å². The second-order valence-corrected chi connectivity index (χ2v) is 7.65. The summed E-state index contributed by atoms with van der Waals surface area (Å²) in [4.78, 5) is 32.0. The molecular weight excluding hydrogens is 462 g/mol. The predicted octanol–water partition coefficient (Wildman–Crippen LogP) is 6.05. The Morgan fingerprint density at radius 1 is 0.882 bits per heavy atom. The van der Waals surface area contributed by atoms with Crippen LogP contribution in [0.2, 0.25) is 0 Å². The predicted molar refractivity (Wildman–Crippen MR) is 110 cm³/mol. The first kappa shape index (κ1) is 25.1. The van der Waals surface area contributed by atoms with E-state index in [1.807, 2.05) is 0 Å². The zero-order valence-corrected chi connectivity index (χ0v) is 17.7. The second-order valence-electron chi connectivity index (χ2n) is 7.65. The van der Waals surface area contributed by atoms with Gasteiger partial charge in [-0.15, -0.1) is 0 Å². The molecule has 1 aromatic carbocycles. The maximum Gasteiger partial charge on any atom is 0.418 e. The number of benzene rings is 1. The van der Waals surface area contributed by atoms with Crippen molar-refractivity contribution in [1.29, 1.82) is 0 Å². The van der Waals surface area contributed by atoms with Crippen molar-refractivity contribution < 1.29 is 35.9 Å². The Hall–Kier alpha value is -3.56. The quantitative estimate of drug-likeness (QED) is 0.305. The first-order valence-electron chi connectivity index (χ1n) is 10.0. The highest BCUT2D eigenvalue weighted by molar-refractivity contribution is 5.96. The van der Waals surface area contributed by atoms with Gasteiger partial charge in [0.1, 0.15) is 5.78 Å². The molecule has 0 amide bonds. The lowest BCUT2D eigenvalue weighted by Gasteiger charge is -2.21. The van der Waals surface area contributed by atoms with E-state index in [1.54, 1.807) is 0 Å². The number of Topliss-reactive ketones (excluding diaryl/α,β-unsaturated/α-hetero) is 2. The van der Waals surface area contributed by atoms with Gasteiger partial charge >= 0.3 is 12.4 Å². The van der Waals surface area contributed by atoms with E-state index in [-0.39, 0.29) is 23.3 Å². The van der Waals surface area contributed by atoms with Gasteiger partial charge in [-0.1, -0.05) is 12.1 Å². The number of hydrogen-bond donors (Lipinski definition) is 0. The second kappa shape index (κ2) is 9.74. The highest BCUT2D eigenvalue weighted by atomic mass is 19.4. The van der Waals surface area contributed by atoms with Crippen molar-refractivity contribution in [3.8, 4) is 0 Å². The number of aromatic nitrogens is 2. The van der Waals surface area contributed by atoms with Gasteiger partial charge in [0.2, 0.25) is 0 Å². The Morgan fingerprint density at radius 3 is 2.09 bits per heavy atom. The van der Waals surface area contributed by atoms with Crippen molar-refractivity contribution in [2.75, 3.05) is 0 Å². The normalized spacial score (nSPS) is 12.9. The van der Waals surface area contributed by atoms with Gasteiger partial charge in [0.25, 0.3) is 0 Å². The smallest absolute Gasteiger partial charge is 0.300 e. The van der Waals surface area contributed by atoms with E-state index in [0.717, 1.165) is 42.6 Å². The van der Waals surface area contributed by atoms with Crippen molar-refractivity contribution in [1.82, 2.24) is 9.97 Å². The standard InChI is InChI=1S/C24H18F6N2O2/c1-14(33)11-18-9-6-16(13-32-18)21(34)12-19(15-4-7-17(8-5-15)23(25,26)27)22-20(24(28,29)30)3-2-10-31-22/h2-10,13,19H,11-12H2,1H3/t19-/m0/s1. The van der Waals surface area contributed by atoms with E-state index < -0.39 is 47.3 Å². The topological polar surface area (TPSA) is 59.9 Å². The molecule has 3 aromatic rings. The summed E-state index contributed by atoms with van der Waals surface area (Å²) < 4.78 is 79.8. The fourth-order valence-electron chi connectivity index (χ4n) is 3.46. The maximum atomic E-state index is 13.6. The van der Waals surface area contributed by atoms with Gasteiger partial charge < -0.3 is 0 Å². The number of alkyl halides is 6. The summed E-state index contributed by atoms with van der Waals surface area (Å²) in [5.41, 5.74) is -1.93. The summed E-state index contributed by atoms with van der Waals surface area (Å²) >= 11 is 0. The van der Waals surface area contributed by atoms with E-state index in [0.29, 0.717) is 5.69 Å². The molecule has 1 atom stereocenters. The largest absolute Gasteiger partial charge is 0.418 e. The molecule has 0 aliphatic carbocycles. The van der Waals surface area contributed by atoms with Crippen LogP contribution in [-0.2, 0) is 23.6 Å². The van der Waals surface area contributed by atoms with Crippen LogP contribution in [-0.4, -0.2) is 21.5 Å².